The molecule has 20 heavy (non-hydrogen) atoms. The maximum atomic E-state index is 13.0. The summed E-state index contributed by atoms with van der Waals surface area (Å²) < 4.78 is 0. The molecular weight excluding hydrogens is 270 g/mol. The fourth-order valence-corrected chi connectivity index (χ4v) is 3.90. The van der Waals surface area contributed by atoms with E-state index in [9.17, 15) is 4.79 Å². The molecule has 1 saturated heterocycles. The molecule has 1 amide bonds. The minimum Gasteiger partial charge on any atom is -0.392 e. The largest absolute Gasteiger partial charge is 0.392 e. The number of hydrogen-bond acceptors (Lipinski definition) is 3. The van der Waals surface area contributed by atoms with Crippen LogP contribution in [0.1, 0.15) is 44.9 Å². The fourth-order valence-electron chi connectivity index (χ4n) is 3.61. The van der Waals surface area contributed by atoms with Crippen molar-refractivity contribution in [1.82, 2.24) is 9.80 Å². The highest BCUT2D eigenvalue weighted by Crippen LogP contribution is 2.39. The summed E-state index contributed by atoms with van der Waals surface area (Å²) in [6, 6.07) is 0.340. The molecule has 0 spiro atoms. The molecule has 0 radical (unpaired) electrons. The summed E-state index contributed by atoms with van der Waals surface area (Å²) in [5, 5.41) is 0. The molecule has 0 atom stereocenters. The Bertz CT molecular complexity index is 371. The molecule has 0 bridgehead atoms. The van der Waals surface area contributed by atoms with Crippen molar-refractivity contribution in [2.45, 2.75) is 51.0 Å². The SMILES string of the molecule is CN1CCC(N(C)C(=O)C2(C(N)=S)CCCCC2)CC1. The van der Waals surface area contributed by atoms with Crippen molar-refractivity contribution < 1.29 is 4.79 Å². The lowest BCUT2D eigenvalue weighted by Gasteiger charge is -2.42. The van der Waals surface area contributed by atoms with Crippen LogP contribution in [-0.4, -0.2) is 53.9 Å². The number of carbonyl (C=O) groups is 1. The van der Waals surface area contributed by atoms with E-state index in [-0.39, 0.29) is 5.91 Å². The minimum atomic E-state index is -0.564. The van der Waals surface area contributed by atoms with Gasteiger partial charge in [-0.05, 0) is 45.8 Å². The van der Waals surface area contributed by atoms with Crippen LogP contribution in [0, 0.1) is 5.41 Å². The molecule has 2 aliphatic rings. The lowest BCUT2D eigenvalue weighted by atomic mass is 9.72. The van der Waals surface area contributed by atoms with Crippen LogP contribution < -0.4 is 5.73 Å². The molecule has 0 unspecified atom stereocenters. The number of thiocarbonyl (C=S) groups is 1. The van der Waals surface area contributed by atoms with E-state index in [1.165, 1.54) is 6.42 Å². The van der Waals surface area contributed by atoms with Crippen molar-refractivity contribution in [3.8, 4) is 0 Å². The van der Waals surface area contributed by atoms with Gasteiger partial charge >= 0.3 is 0 Å². The predicted molar refractivity (Wildman–Crippen MR) is 85.6 cm³/mol. The summed E-state index contributed by atoms with van der Waals surface area (Å²) in [5.74, 6) is 0.166. The Morgan fingerprint density at radius 3 is 2.30 bits per heavy atom. The number of amides is 1. The summed E-state index contributed by atoms with van der Waals surface area (Å²) in [4.78, 5) is 17.7. The van der Waals surface area contributed by atoms with Gasteiger partial charge in [0, 0.05) is 13.1 Å². The van der Waals surface area contributed by atoms with Crippen LogP contribution in [0.5, 0.6) is 0 Å². The van der Waals surface area contributed by atoms with Crippen molar-refractivity contribution in [2.24, 2.45) is 11.1 Å². The van der Waals surface area contributed by atoms with Gasteiger partial charge in [-0.3, -0.25) is 4.79 Å². The molecule has 2 rings (SSSR count). The first kappa shape index (κ1) is 15.7. The van der Waals surface area contributed by atoms with Crippen LogP contribution in [0.25, 0.3) is 0 Å². The van der Waals surface area contributed by atoms with Crippen LogP contribution in [-0.2, 0) is 4.79 Å². The van der Waals surface area contributed by atoms with Gasteiger partial charge in [-0.1, -0.05) is 31.5 Å². The van der Waals surface area contributed by atoms with E-state index in [4.69, 9.17) is 18.0 Å². The standard InChI is InChI=1S/C15H27N3OS/c1-17-10-6-12(7-11-17)18(2)14(19)15(13(16)20)8-4-3-5-9-15/h12H,3-11H2,1-2H3,(H2,16,20). The van der Waals surface area contributed by atoms with Crippen molar-refractivity contribution in [1.29, 1.82) is 0 Å². The first-order chi connectivity index (χ1) is 9.47. The zero-order valence-corrected chi connectivity index (χ0v) is 13.5. The van der Waals surface area contributed by atoms with Gasteiger partial charge in [-0.25, -0.2) is 0 Å². The number of nitrogens with zero attached hydrogens (tertiary/aromatic N) is 2. The smallest absolute Gasteiger partial charge is 0.235 e. The molecule has 2 fully saturated rings. The number of nitrogens with two attached hydrogens (primary N) is 1. The third-order valence-electron chi connectivity index (χ3n) is 5.14. The normalized spacial score (nSPS) is 24.3. The molecule has 1 aliphatic carbocycles. The summed E-state index contributed by atoms with van der Waals surface area (Å²) in [7, 11) is 4.07. The number of likely N-dealkylation sites (tertiary alicyclic amines) is 1. The van der Waals surface area contributed by atoms with E-state index < -0.39 is 5.41 Å². The predicted octanol–water partition coefficient (Wildman–Crippen LogP) is 1.78. The second-order valence-corrected chi connectivity index (χ2v) is 6.90. The summed E-state index contributed by atoms with van der Waals surface area (Å²) in [6.07, 6.45) is 7.07. The molecule has 1 heterocycles. The van der Waals surface area contributed by atoms with Gasteiger partial charge in [-0.2, -0.15) is 0 Å². The van der Waals surface area contributed by atoms with Gasteiger partial charge in [0.1, 0.15) is 0 Å². The Balaban J connectivity index is 2.09. The van der Waals surface area contributed by atoms with Gasteiger partial charge in [0.25, 0.3) is 0 Å². The zero-order valence-electron chi connectivity index (χ0n) is 12.7. The van der Waals surface area contributed by atoms with E-state index in [2.05, 4.69) is 11.9 Å². The molecule has 2 N–H and O–H groups in total. The second-order valence-electron chi connectivity index (χ2n) is 6.46. The Morgan fingerprint density at radius 1 is 1.25 bits per heavy atom. The van der Waals surface area contributed by atoms with Gasteiger partial charge in [-0.15, -0.1) is 0 Å². The quantitative estimate of drug-likeness (QED) is 0.807. The number of hydrogen-bond donors (Lipinski definition) is 1. The van der Waals surface area contributed by atoms with Crippen LogP contribution in [0.4, 0.5) is 0 Å². The van der Waals surface area contributed by atoms with Gasteiger partial charge in [0.2, 0.25) is 5.91 Å². The molecule has 0 aromatic carbocycles. The lowest BCUT2D eigenvalue weighted by molar-refractivity contribution is -0.141. The Kier molecular flexibility index (Phi) is 5.02. The van der Waals surface area contributed by atoms with Crippen molar-refractivity contribution in [2.75, 3.05) is 27.2 Å². The third-order valence-corrected chi connectivity index (χ3v) is 5.54. The fraction of sp³-hybridized carbons (Fsp3) is 0.867. The highest BCUT2D eigenvalue weighted by atomic mass is 32.1. The number of piperidine rings is 1. The van der Waals surface area contributed by atoms with Crippen molar-refractivity contribution >= 4 is 23.1 Å². The molecule has 114 valence electrons. The Hall–Kier alpha value is -0.680. The molecule has 5 heteroatoms. The molecule has 0 aromatic rings. The van der Waals surface area contributed by atoms with Crippen molar-refractivity contribution in [3.05, 3.63) is 0 Å². The van der Waals surface area contributed by atoms with E-state index in [0.29, 0.717) is 11.0 Å². The highest BCUT2D eigenvalue weighted by molar-refractivity contribution is 7.80. The summed E-state index contributed by atoms with van der Waals surface area (Å²) in [6.45, 7) is 2.12. The van der Waals surface area contributed by atoms with Crippen LogP contribution in [0.15, 0.2) is 0 Å². The summed E-state index contributed by atoms with van der Waals surface area (Å²) >= 11 is 5.27. The van der Waals surface area contributed by atoms with Crippen LogP contribution >= 0.6 is 12.2 Å². The molecule has 4 nitrogen and oxygen atoms in total. The maximum Gasteiger partial charge on any atom is 0.235 e. The van der Waals surface area contributed by atoms with E-state index >= 15 is 0 Å². The van der Waals surface area contributed by atoms with Gasteiger partial charge in [0.15, 0.2) is 0 Å². The van der Waals surface area contributed by atoms with E-state index in [1.54, 1.807) is 0 Å². The Labute approximate surface area is 127 Å². The first-order valence-electron chi connectivity index (χ1n) is 7.73. The molecule has 1 saturated carbocycles. The molecule has 1 aliphatic heterocycles. The highest BCUT2D eigenvalue weighted by Gasteiger charge is 2.45. The lowest BCUT2D eigenvalue weighted by Crippen LogP contribution is -2.54. The zero-order chi connectivity index (χ0) is 14.8. The van der Waals surface area contributed by atoms with Crippen molar-refractivity contribution in [3.63, 3.8) is 0 Å². The molecular formula is C15H27N3OS. The first-order valence-corrected chi connectivity index (χ1v) is 8.14. The monoisotopic (exact) mass is 297 g/mol. The van der Waals surface area contributed by atoms with Gasteiger partial charge < -0.3 is 15.5 Å². The van der Waals surface area contributed by atoms with Crippen LogP contribution in [0.2, 0.25) is 0 Å². The maximum absolute atomic E-state index is 13.0. The average molecular weight is 297 g/mol. The average Bonchev–Trinajstić information content (AvgIpc) is 2.47. The molecule has 0 aromatic heterocycles. The minimum absolute atomic E-state index is 0.166. The second kappa shape index (κ2) is 6.39. The third kappa shape index (κ3) is 2.98. The van der Waals surface area contributed by atoms with Crippen LogP contribution in [0.3, 0.4) is 0 Å². The number of rotatable bonds is 3. The Morgan fingerprint density at radius 2 is 1.80 bits per heavy atom. The van der Waals surface area contributed by atoms with Gasteiger partial charge in [0.05, 0.1) is 10.4 Å². The van der Waals surface area contributed by atoms with E-state index in [1.807, 2.05) is 11.9 Å². The van der Waals surface area contributed by atoms with E-state index in [0.717, 1.165) is 51.6 Å². The summed E-state index contributed by atoms with van der Waals surface area (Å²) in [5.41, 5.74) is 5.40. The number of carbonyl (C=O) groups excluding carboxylic acids is 1. The topological polar surface area (TPSA) is 49.6 Å².